The molecule has 144 valence electrons. The van der Waals surface area contributed by atoms with Crippen molar-refractivity contribution in [3.8, 4) is 17.4 Å². The maximum Gasteiger partial charge on any atom is 0.218 e. The second kappa shape index (κ2) is 9.12. The molecule has 3 N–H and O–H groups in total. The second-order valence-electron chi connectivity index (χ2n) is 6.38. The van der Waals surface area contributed by atoms with Gasteiger partial charge in [-0.05, 0) is 43.9 Å². The molecule has 0 spiro atoms. The number of nitrogens with two attached hydrogens (primary N) is 1. The lowest BCUT2D eigenvalue weighted by Gasteiger charge is -2.15. The first-order valence-electron chi connectivity index (χ1n) is 9.09. The first kappa shape index (κ1) is 18.8. The molecule has 0 radical (unpaired) electrons. The third-order valence-corrected chi connectivity index (χ3v) is 4.52. The number of aromatic nitrogens is 1. The van der Waals surface area contributed by atoms with Gasteiger partial charge in [0, 0.05) is 17.8 Å². The molecule has 0 amide bonds. The first-order valence-corrected chi connectivity index (χ1v) is 9.09. The molecular formula is C20H26N4O3. The van der Waals surface area contributed by atoms with Crippen LogP contribution in [0.5, 0.6) is 17.4 Å². The van der Waals surface area contributed by atoms with Crippen LogP contribution in [0.15, 0.2) is 41.5 Å². The number of pyridine rings is 1. The number of nitrogens with zero attached hydrogens (tertiary/aromatic N) is 2. The SMILES string of the molecule is COc1ccc(OC)c(NC(N)=NCc2cccnc2OC2CCCC2)c1. The van der Waals surface area contributed by atoms with Gasteiger partial charge in [-0.15, -0.1) is 0 Å². The van der Waals surface area contributed by atoms with Crippen molar-refractivity contribution in [3.63, 3.8) is 0 Å². The Bertz CT molecular complexity index is 789. The zero-order chi connectivity index (χ0) is 19.1. The second-order valence-corrected chi connectivity index (χ2v) is 6.38. The lowest BCUT2D eigenvalue weighted by atomic mass is 10.2. The molecule has 1 aromatic heterocycles. The fourth-order valence-electron chi connectivity index (χ4n) is 3.07. The number of anilines is 1. The zero-order valence-corrected chi connectivity index (χ0v) is 15.8. The van der Waals surface area contributed by atoms with Crippen LogP contribution < -0.4 is 25.3 Å². The minimum absolute atomic E-state index is 0.249. The Hall–Kier alpha value is -2.96. The molecule has 0 saturated heterocycles. The van der Waals surface area contributed by atoms with E-state index in [4.69, 9.17) is 19.9 Å². The number of nitrogens with one attached hydrogen (secondary N) is 1. The van der Waals surface area contributed by atoms with E-state index in [2.05, 4.69) is 15.3 Å². The van der Waals surface area contributed by atoms with Crippen LogP contribution in [0.25, 0.3) is 0 Å². The average Bonchev–Trinajstić information content (AvgIpc) is 3.20. The highest BCUT2D eigenvalue weighted by atomic mass is 16.5. The van der Waals surface area contributed by atoms with E-state index >= 15 is 0 Å². The molecule has 1 aliphatic rings. The molecule has 1 saturated carbocycles. The van der Waals surface area contributed by atoms with Gasteiger partial charge < -0.3 is 25.3 Å². The monoisotopic (exact) mass is 370 g/mol. The summed E-state index contributed by atoms with van der Waals surface area (Å²) in [5.41, 5.74) is 7.66. The van der Waals surface area contributed by atoms with Crippen molar-refractivity contribution in [3.05, 3.63) is 42.1 Å². The number of aliphatic imine (C=N–C) groups is 1. The van der Waals surface area contributed by atoms with Gasteiger partial charge in [-0.2, -0.15) is 0 Å². The molecule has 7 nitrogen and oxygen atoms in total. The van der Waals surface area contributed by atoms with Crippen molar-refractivity contribution in [2.24, 2.45) is 10.7 Å². The van der Waals surface area contributed by atoms with Gasteiger partial charge in [0.05, 0.1) is 26.5 Å². The van der Waals surface area contributed by atoms with Crippen LogP contribution in [-0.4, -0.2) is 31.3 Å². The van der Waals surface area contributed by atoms with E-state index in [0.29, 0.717) is 29.6 Å². The summed E-state index contributed by atoms with van der Waals surface area (Å²) in [6, 6.07) is 9.27. The van der Waals surface area contributed by atoms with Gasteiger partial charge in [0.25, 0.3) is 0 Å². The van der Waals surface area contributed by atoms with Crippen molar-refractivity contribution >= 4 is 11.6 Å². The third kappa shape index (κ3) is 5.03. The molecule has 1 heterocycles. The largest absolute Gasteiger partial charge is 0.497 e. The van der Waals surface area contributed by atoms with E-state index < -0.39 is 0 Å². The van der Waals surface area contributed by atoms with Crippen molar-refractivity contribution in [2.75, 3.05) is 19.5 Å². The quantitative estimate of drug-likeness (QED) is 0.574. The van der Waals surface area contributed by atoms with Crippen molar-refractivity contribution in [2.45, 2.75) is 38.3 Å². The van der Waals surface area contributed by atoms with Gasteiger partial charge in [0.1, 0.15) is 17.6 Å². The predicted octanol–water partition coefficient (Wildman–Crippen LogP) is 3.35. The highest BCUT2D eigenvalue weighted by Gasteiger charge is 2.18. The minimum Gasteiger partial charge on any atom is -0.497 e. The zero-order valence-electron chi connectivity index (χ0n) is 15.8. The highest BCUT2D eigenvalue weighted by Crippen LogP contribution is 2.29. The smallest absolute Gasteiger partial charge is 0.218 e. The summed E-state index contributed by atoms with van der Waals surface area (Å²) in [4.78, 5) is 8.79. The lowest BCUT2D eigenvalue weighted by molar-refractivity contribution is 0.199. The molecule has 0 aliphatic heterocycles. The van der Waals surface area contributed by atoms with Gasteiger partial charge >= 0.3 is 0 Å². The number of hydrogen-bond acceptors (Lipinski definition) is 5. The summed E-state index contributed by atoms with van der Waals surface area (Å²) >= 11 is 0. The number of hydrogen-bond donors (Lipinski definition) is 2. The van der Waals surface area contributed by atoms with Gasteiger partial charge in [0.2, 0.25) is 5.88 Å². The van der Waals surface area contributed by atoms with Crippen LogP contribution in [0.1, 0.15) is 31.2 Å². The van der Waals surface area contributed by atoms with E-state index in [1.54, 1.807) is 26.5 Å². The Morgan fingerprint density at radius 3 is 2.78 bits per heavy atom. The topological polar surface area (TPSA) is 91.0 Å². The fourth-order valence-corrected chi connectivity index (χ4v) is 3.07. The van der Waals surface area contributed by atoms with E-state index in [-0.39, 0.29) is 12.1 Å². The summed E-state index contributed by atoms with van der Waals surface area (Å²) in [6.45, 7) is 0.376. The number of methoxy groups -OCH3 is 2. The maximum absolute atomic E-state index is 6.06. The average molecular weight is 370 g/mol. The summed E-state index contributed by atoms with van der Waals surface area (Å²) in [5.74, 6) is 2.27. The number of rotatable bonds is 7. The molecule has 1 fully saturated rings. The van der Waals surface area contributed by atoms with Crippen molar-refractivity contribution < 1.29 is 14.2 Å². The van der Waals surface area contributed by atoms with Crippen LogP contribution in [-0.2, 0) is 6.54 Å². The van der Waals surface area contributed by atoms with E-state index in [9.17, 15) is 0 Å². The molecule has 0 bridgehead atoms. The summed E-state index contributed by atoms with van der Waals surface area (Å²) in [6.07, 6.45) is 6.57. The fraction of sp³-hybridized carbons (Fsp3) is 0.400. The Kier molecular flexibility index (Phi) is 6.35. The van der Waals surface area contributed by atoms with Crippen LogP contribution in [0.2, 0.25) is 0 Å². The number of guanidine groups is 1. The summed E-state index contributed by atoms with van der Waals surface area (Å²) in [7, 11) is 3.21. The predicted molar refractivity (Wildman–Crippen MR) is 106 cm³/mol. The Labute approximate surface area is 159 Å². The molecule has 7 heteroatoms. The Balaban J connectivity index is 1.69. The van der Waals surface area contributed by atoms with Crippen molar-refractivity contribution in [1.29, 1.82) is 0 Å². The molecule has 27 heavy (non-hydrogen) atoms. The third-order valence-electron chi connectivity index (χ3n) is 4.52. The van der Waals surface area contributed by atoms with Gasteiger partial charge in [-0.25, -0.2) is 9.98 Å². The summed E-state index contributed by atoms with van der Waals surface area (Å²) < 4.78 is 16.6. The van der Waals surface area contributed by atoms with E-state index in [0.717, 1.165) is 18.4 Å². The molecule has 2 aromatic rings. The maximum atomic E-state index is 6.06. The van der Waals surface area contributed by atoms with E-state index in [1.165, 1.54) is 12.8 Å². The number of ether oxygens (including phenoxy) is 3. The molecule has 1 aromatic carbocycles. The van der Waals surface area contributed by atoms with Crippen LogP contribution in [0, 0.1) is 0 Å². The van der Waals surface area contributed by atoms with Crippen LogP contribution >= 0.6 is 0 Å². The normalized spacial score (nSPS) is 14.8. The first-order chi connectivity index (χ1) is 13.2. The van der Waals surface area contributed by atoms with Crippen LogP contribution in [0.3, 0.4) is 0 Å². The van der Waals surface area contributed by atoms with Gasteiger partial charge in [-0.1, -0.05) is 6.07 Å². The van der Waals surface area contributed by atoms with Gasteiger partial charge in [0.15, 0.2) is 5.96 Å². The molecular weight excluding hydrogens is 344 g/mol. The highest BCUT2D eigenvalue weighted by molar-refractivity contribution is 5.94. The lowest BCUT2D eigenvalue weighted by Crippen LogP contribution is -2.23. The van der Waals surface area contributed by atoms with Crippen LogP contribution in [0.4, 0.5) is 5.69 Å². The number of benzene rings is 1. The van der Waals surface area contributed by atoms with Crippen molar-refractivity contribution in [1.82, 2.24) is 4.98 Å². The Morgan fingerprint density at radius 2 is 2.04 bits per heavy atom. The Morgan fingerprint density at radius 1 is 1.22 bits per heavy atom. The molecule has 1 aliphatic carbocycles. The minimum atomic E-state index is 0.249. The molecule has 3 rings (SSSR count). The molecule has 0 unspecified atom stereocenters. The molecule has 0 atom stereocenters. The van der Waals surface area contributed by atoms with Gasteiger partial charge in [-0.3, -0.25) is 0 Å². The summed E-state index contributed by atoms with van der Waals surface area (Å²) in [5, 5.41) is 3.06. The standard InChI is InChI=1S/C20H26N4O3/c1-25-16-9-10-18(26-2)17(12-16)24-20(21)23-13-14-6-5-11-22-19(14)27-15-7-3-4-8-15/h5-6,9-12,15H,3-4,7-8,13H2,1-2H3,(H3,21,23,24). The van der Waals surface area contributed by atoms with E-state index in [1.807, 2.05) is 24.3 Å².